The Morgan fingerprint density at radius 1 is 1.30 bits per heavy atom. The fourth-order valence-electron chi connectivity index (χ4n) is 2.70. The molecule has 0 saturated carbocycles. The summed E-state index contributed by atoms with van der Waals surface area (Å²) in [7, 11) is 0. The summed E-state index contributed by atoms with van der Waals surface area (Å²) in [5.41, 5.74) is 1.82. The SMILES string of the molecule is Cc1ccccc1[C@H](CC(=O)O)NC(=O)c1nc(-c2ccncc2F)co1. The van der Waals surface area contributed by atoms with Gasteiger partial charge in [0.2, 0.25) is 0 Å². The second-order valence-electron chi connectivity index (χ2n) is 5.87. The van der Waals surface area contributed by atoms with Crippen molar-refractivity contribution >= 4 is 11.9 Å². The molecule has 2 N–H and O–H groups in total. The van der Waals surface area contributed by atoms with Crippen LogP contribution in [0.25, 0.3) is 11.3 Å². The van der Waals surface area contributed by atoms with Crippen molar-refractivity contribution in [3.05, 3.63) is 71.8 Å². The van der Waals surface area contributed by atoms with Crippen LogP contribution in [0, 0.1) is 12.7 Å². The average Bonchev–Trinajstić information content (AvgIpc) is 3.11. The molecule has 0 unspecified atom stereocenters. The van der Waals surface area contributed by atoms with Crippen LogP contribution in [-0.4, -0.2) is 27.0 Å². The lowest BCUT2D eigenvalue weighted by Gasteiger charge is -2.18. The van der Waals surface area contributed by atoms with E-state index in [1.807, 2.05) is 19.1 Å². The number of aryl methyl sites for hydroxylation is 1. The molecule has 0 radical (unpaired) electrons. The van der Waals surface area contributed by atoms with Crippen LogP contribution in [0.3, 0.4) is 0 Å². The quantitative estimate of drug-likeness (QED) is 0.692. The summed E-state index contributed by atoms with van der Waals surface area (Å²) in [4.78, 5) is 31.3. The van der Waals surface area contributed by atoms with Gasteiger partial charge in [0.15, 0.2) is 5.82 Å². The molecular weight excluding hydrogens is 353 g/mol. The Kier molecular flexibility index (Phi) is 5.25. The molecule has 8 heteroatoms. The summed E-state index contributed by atoms with van der Waals surface area (Å²) in [5, 5.41) is 11.8. The maximum Gasteiger partial charge on any atom is 0.307 e. The van der Waals surface area contributed by atoms with Gasteiger partial charge in [0.25, 0.3) is 5.89 Å². The predicted molar refractivity (Wildman–Crippen MR) is 93.3 cm³/mol. The van der Waals surface area contributed by atoms with Gasteiger partial charge in [0.1, 0.15) is 12.0 Å². The van der Waals surface area contributed by atoms with E-state index in [4.69, 9.17) is 9.52 Å². The molecule has 3 rings (SSSR count). The van der Waals surface area contributed by atoms with E-state index in [0.29, 0.717) is 5.56 Å². The topological polar surface area (TPSA) is 105 Å². The van der Waals surface area contributed by atoms with E-state index in [0.717, 1.165) is 18.0 Å². The maximum absolute atomic E-state index is 13.8. The van der Waals surface area contributed by atoms with Crippen molar-refractivity contribution in [1.82, 2.24) is 15.3 Å². The minimum atomic E-state index is -1.06. The largest absolute Gasteiger partial charge is 0.481 e. The number of hydrogen-bond acceptors (Lipinski definition) is 5. The summed E-state index contributed by atoms with van der Waals surface area (Å²) in [6.07, 6.45) is 3.29. The van der Waals surface area contributed by atoms with E-state index in [-0.39, 0.29) is 23.6 Å². The van der Waals surface area contributed by atoms with Gasteiger partial charge in [-0.1, -0.05) is 24.3 Å². The molecule has 0 bridgehead atoms. The number of oxazole rings is 1. The van der Waals surface area contributed by atoms with Crippen LogP contribution in [0.4, 0.5) is 4.39 Å². The number of carboxylic acids is 1. The Bertz CT molecular complexity index is 986. The number of pyridine rings is 1. The number of hydrogen-bond donors (Lipinski definition) is 2. The standard InChI is InChI=1S/C19H16FN3O4/c1-11-4-2-3-5-12(11)15(8-17(24)25)22-18(26)19-23-16(10-27-19)13-6-7-21-9-14(13)20/h2-7,9-10,15H,8H2,1H3,(H,22,26)(H,24,25)/t15-/m0/s1. The number of nitrogens with one attached hydrogen (secondary N) is 1. The lowest BCUT2D eigenvalue weighted by atomic mass is 9.99. The maximum atomic E-state index is 13.8. The Balaban J connectivity index is 1.83. The summed E-state index contributed by atoms with van der Waals surface area (Å²) in [6.45, 7) is 1.83. The van der Waals surface area contributed by atoms with E-state index < -0.39 is 23.7 Å². The molecule has 0 aliphatic carbocycles. The highest BCUT2D eigenvalue weighted by Gasteiger charge is 2.23. The highest BCUT2D eigenvalue weighted by Crippen LogP contribution is 2.23. The molecule has 0 aliphatic heterocycles. The molecule has 0 fully saturated rings. The van der Waals surface area contributed by atoms with Gasteiger partial charge in [-0.25, -0.2) is 9.37 Å². The number of aliphatic carboxylic acids is 1. The second-order valence-corrected chi connectivity index (χ2v) is 5.87. The molecule has 27 heavy (non-hydrogen) atoms. The molecule has 3 aromatic rings. The van der Waals surface area contributed by atoms with Crippen molar-refractivity contribution in [3.8, 4) is 11.3 Å². The van der Waals surface area contributed by atoms with Crippen molar-refractivity contribution in [3.63, 3.8) is 0 Å². The summed E-state index contributed by atoms with van der Waals surface area (Å²) < 4.78 is 18.9. The Morgan fingerprint density at radius 3 is 2.78 bits per heavy atom. The van der Waals surface area contributed by atoms with Gasteiger partial charge in [-0.15, -0.1) is 0 Å². The number of amides is 1. The number of benzene rings is 1. The Hall–Kier alpha value is -3.55. The number of carbonyl (C=O) groups excluding carboxylic acids is 1. The van der Waals surface area contributed by atoms with Crippen LogP contribution < -0.4 is 5.32 Å². The molecule has 138 valence electrons. The molecule has 0 saturated heterocycles. The monoisotopic (exact) mass is 369 g/mol. The van der Waals surface area contributed by atoms with Crippen LogP contribution in [0.2, 0.25) is 0 Å². The van der Waals surface area contributed by atoms with Gasteiger partial charge in [0, 0.05) is 11.8 Å². The van der Waals surface area contributed by atoms with Crippen molar-refractivity contribution in [2.75, 3.05) is 0 Å². The van der Waals surface area contributed by atoms with Gasteiger partial charge in [-0.05, 0) is 24.1 Å². The van der Waals surface area contributed by atoms with Crippen LogP contribution in [0.5, 0.6) is 0 Å². The van der Waals surface area contributed by atoms with Crippen molar-refractivity contribution in [1.29, 1.82) is 0 Å². The zero-order valence-corrected chi connectivity index (χ0v) is 14.3. The average molecular weight is 369 g/mol. The van der Waals surface area contributed by atoms with Crippen molar-refractivity contribution in [2.24, 2.45) is 0 Å². The molecule has 2 aromatic heterocycles. The molecule has 1 aromatic carbocycles. The Morgan fingerprint density at radius 2 is 2.07 bits per heavy atom. The molecule has 0 aliphatic rings. The first kappa shape index (κ1) is 18.2. The third kappa shape index (κ3) is 4.17. The third-order valence-corrected chi connectivity index (χ3v) is 3.99. The predicted octanol–water partition coefficient (Wildman–Crippen LogP) is 3.13. The molecule has 7 nitrogen and oxygen atoms in total. The fourth-order valence-corrected chi connectivity index (χ4v) is 2.70. The van der Waals surface area contributed by atoms with Crippen LogP contribution in [0.1, 0.15) is 34.3 Å². The van der Waals surface area contributed by atoms with Gasteiger partial charge in [0.05, 0.1) is 18.7 Å². The lowest BCUT2D eigenvalue weighted by molar-refractivity contribution is -0.137. The highest BCUT2D eigenvalue weighted by molar-refractivity contribution is 5.91. The first-order chi connectivity index (χ1) is 13.0. The first-order valence-corrected chi connectivity index (χ1v) is 8.09. The van der Waals surface area contributed by atoms with E-state index in [1.165, 1.54) is 12.3 Å². The molecule has 1 amide bonds. The molecule has 1 atom stereocenters. The van der Waals surface area contributed by atoms with Crippen LogP contribution in [-0.2, 0) is 4.79 Å². The van der Waals surface area contributed by atoms with E-state index in [2.05, 4.69) is 15.3 Å². The molecular formula is C19H16FN3O4. The Labute approximate surface area is 153 Å². The number of carboxylic acid groups (broad SMARTS) is 1. The highest BCUT2D eigenvalue weighted by atomic mass is 19.1. The third-order valence-electron chi connectivity index (χ3n) is 3.99. The van der Waals surface area contributed by atoms with Gasteiger partial charge < -0.3 is 14.8 Å². The molecule has 0 spiro atoms. The normalized spacial score (nSPS) is 11.8. The van der Waals surface area contributed by atoms with Gasteiger partial charge >= 0.3 is 11.9 Å². The van der Waals surface area contributed by atoms with Crippen LogP contribution >= 0.6 is 0 Å². The fraction of sp³-hybridized carbons (Fsp3) is 0.158. The van der Waals surface area contributed by atoms with E-state index in [1.54, 1.807) is 12.1 Å². The zero-order valence-electron chi connectivity index (χ0n) is 14.3. The van der Waals surface area contributed by atoms with E-state index in [9.17, 15) is 14.0 Å². The zero-order chi connectivity index (χ0) is 19.4. The summed E-state index contributed by atoms with van der Waals surface area (Å²) >= 11 is 0. The lowest BCUT2D eigenvalue weighted by Crippen LogP contribution is -2.30. The van der Waals surface area contributed by atoms with Gasteiger partial charge in [-0.2, -0.15) is 0 Å². The van der Waals surface area contributed by atoms with Crippen molar-refractivity contribution < 1.29 is 23.5 Å². The number of halogens is 1. The molecule has 2 heterocycles. The van der Waals surface area contributed by atoms with Crippen molar-refractivity contribution in [2.45, 2.75) is 19.4 Å². The van der Waals surface area contributed by atoms with E-state index >= 15 is 0 Å². The second kappa shape index (κ2) is 7.77. The minimum Gasteiger partial charge on any atom is -0.481 e. The first-order valence-electron chi connectivity index (χ1n) is 8.09. The summed E-state index contributed by atoms with van der Waals surface area (Å²) in [6, 6.07) is 7.81. The number of carbonyl (C=O) groups is 2. The summed E-state index contributed by atoms with van der Waals surface area (Å²) in [5.74, 6) is -2.63. The number of aromatic nitrogens is 2. The number of rotatable bonds is 6. The van der Waals surface area contributed by atoms with Gasteiger partial charge in [-0.3, -0.25) is 14.6 Å². The van der Waals surface area contributed by atoms with Crippen LogP contribution in [0.15, 0.2) is 53.4 Å². The smallest absolute Gasteiger partial charge is 0.307 e. The number of nitrogens with zero attached hydrogens (tertiary/aromatic N) is 2. The minimum absolute atomic E-state index is 0.144.